The summed E-state index contributed by atoms with van der Waals surface area (Å²) in [7, 11) is 0. The van der Waals surface area contributed by atoms with Gasteiger partial charge in [-0.15, -0.1) is 0 Å². The van der Waals surface area contributed by atoms with E-state index in [-0.39, 0.29) is 18.6 Å². The standard InChI is InChI=1S/C21H12F4.CH4/c1-13-2-5-15(6-3-13)17-9-8-16(18(22)12-17)7-4-14-10-19(23)21(25)20(24)11-14;/h2-3,5-6,8-12H,1H3;1H4. The lowest BCUT2D eigenvalue weighted by atomic mass is 10.0. The third-order valence-electron chi connectivity index (χ3n) is 3.68. The summed E-state index contributed by atoms with van der Waals surface area (Å²) < 4.78 is 53.5. The van der Waals surface area contributed by atoms with E-state index in [2.05, 4.69) is 11.8 Å². The Morgan fingerprint density at radius 3 is 1.81 bits per heavy atom. The zero-order valence-corrected chi connectivity index (χ0v) is 13.2. The van der Waals surface area contributed by atoms with Crippen molar-refractivity contribution in [1.82, 2.24) is 0 Å². The van der Waals surface area contributed by atoms with Gasteiger partial charge in [0.15, 0.2) is 17.5 Å². The van der Waals surface area contributed by atoms with Gasteiger partial charge in [-0.3, -0.25) is 0 Å². The molecule has 3 aromatic rings. The molecular weight excluding hydrogens is 340 g/mol. The van der Waals surface area contributed by atoms with Gasteiger partial charge in [0.05, 0.1) is 5.56 Å². The molecule has 0 aliphatic heterocycles. The summed E-state index contributed by atoms with van der Waals surface area (Å²) in [6.45, 7) is 1.96. The molecule has 0 bridgehead atoms. The molecule has 0 aliphatic rings. The Morgan fingerprint density at radius 2 is 1.23 bits per heavy atom. The molecule has 0 atom stereocenters. The molecule has 0 N–H and O–H groups in total. The third kappa shape index (κ3) is 4.12. The fourth-order valence-electron chi connectivity index (χ4n) is 2.31. The van der Waals surface area contributed by atoms with Crippen molar-refractivity contribution >= 4 is 0 Å². The van der Waals surface area contributed by atoms with Gasteiger partial charge in [0, 0.05) is 5.56 Å². The molecule has 0 saturated carbocycles. The first-order valence-corrected chi connectivity index (χ1v) is 7.47. The van der Waals surface area contributed by atoms with Crippen molar-refractivity contribution in [1.29, 1.82) is 0 Å². The van der Waals surface area contributed by atoms with Crippen LogP contribution >= 0.6 is 0 Å². The van der Waals surface area contributed by atoms with Crippen LogP contribution in [0.3, 0.4) is 0 Å². The van der Waals surface area contributed by atoms with E-state index in [9.17, 15) is 17.6 Å². The number of aryl methyl sites for hydroxylation is 1. The van der Waals surface area contributed by atoms with Crippen molar-refractivity contribution in [2.24, 2.45) is 0 Å². The van der Waals surface area contributed by atoms with Crippen LogP contribution in [-0.4, -0.2) is 0 Å². The first-order valence-electron chi connectivity index (χ1n) is 7.47. The van der Waals surface area contributed by atoms with Crippen LogP contribution in [0.25, 0.3) is 11.1 Å². The Bertz CT molecular complexity index is 970. The molecule has 0 amide bonds. The quantitative estimate of drug-likeness (QED) is 0.274. The van der Waals surface area contributed by atoms with Crippen LogP contribution in [0.5, 0.6) is 0 Å². The highest BCUT2D eigenvalue weighted by Gasteiger charge is 2.09. The zero-order valence-electron chi connectivity index (χ0n) is 13.2. The topological polar surface area (TPSA) is 0 Å². The molecule has 3 rings (SSSR count). The minimum Gasteiger partial charge on any atom is -0.206 e. The van der Waals surface area contributed by atoms with E-state index in [1.165, 1.54) is 12.1 Å². The first kappa shape index (κ1) is 19.3. The summed E-state index contributed by atoms with van der Waals surface area (Å²) in [6.07, 6.45) is 0. The van der Waals surface area contributed by atoms with Crippen LogP contribution in [-0.2, 0) is 0 Å². The predicted molar refractivity (Wildman–Crippen MR) is 95.6 cm³/mol. The highest BCUT2D eigenvalue weighted by Crippen LogP contribution is 2.22. The maximum atomic E-state index is 14.2. The van der Waals surface area contributed by atoms with Crippen LogP contribution in [0.1, 0.15) is 24.1 Å². The molecule has 0 fully saturated rings. The minimum atomic E-state index is -1.56. The van der Waals surface area contributed by atoms with E-state index in [1.54, 1.807) is 6.07 Å². The Morgan fingerprint density at radius 1 is 0.654 bits per heavy atom. The number of halogens is 4. The maximum absolute atomic E-state index is 14.2. The summed E-state index contributed by atoms with van der Waals surface area (Å²) in [5.74, 6) is 0.179. The van der Waals surface area contributed by atoms with Crippen molar-refractivity contribution in [3.05, 3.63) is 94.6 Å². The van der Waals surface area contributed by atoms with Crippen LogP contribution in [0.15, 0.2) is 54.6 Å². The Hall–Kier alpha value is -3.06. The van der Waals surface area contributed by atoms with Crippen LogP contribution in [0, 0.1) is 42.0 Å². The molecule has 0 saturated heterocycles. The largest absolute Gasteiger partial charge is 0.206 e. The molecule has 3 aromatic carbocycles. The highest BCUT2D eigenvalue weighted by molar-refractivity contribution is 5.65. The Labute approximate surface area is 150 Å². The monoisotopic (exact) mass is 356 g/mol. The molecule has 0 spiro atoms. The van der Waals surface area contributed by atoms with Crippen molar-refractivity contribution < 1.29 is 17.6 Å². The van der Waals surface area contributed by atoms with Gasteiger partial charge in [0.2, 0.25) is 0 Å². The van der Waals surface area contributed by atoms with Gasteiger partial charge in [-0.25, -0.2) is 17.6 Å². The normalized spacial score (nSPS) is 9.88. The minimum absolute atomic E-state index is 0. The summed E-state index contributed by atoms with van der Waals surface area (Å²) in [5, 5.41) is 0. The van der Waals surface area contributed by atoms with Crippen LogP contribution < -0.4 is 0 Å². The lowest BCUT2D eigenvalue weighted by Gasteiger charge is -2.04. The van der Waals surface area contributed by atoms with E-state index >= 15 is 0 Å². The molecule has 0 heterocycles. The van der Waals surface area contributed by atoms with Crippen molar-refractivity contribution in [2.75, 3.05) is 0 Å². The Balaban J connectivity index is 0.00000243. The zero-order chi connectivity index (χ0) is 18.0. The van der Waals surface area contributed by atoms with Gasteiger partial charge in [-0.2, -0.15) is 0 Å². The second-order valence-corrected chi connectivity index (χ2v) is 5.56. The molecule has 26 heavy (non-hydrogen) atoms. The van der Waals surface area contributed by atoms with Gasteiger partial charge in [0.25, 0.3) is 0 Å². The molecular formula is C22H16F4. The number of rotatable bonds is 1. The molecule has 0 aliphatic carbocycles. The maximum Gasteiger partial charge on any atom is 0.194 e. The number of hydrogen-bond donors (Lipinski definition) is 0. The van der Waals surface area contributed by atoms with Crippen molar-refractivity contribution in [3.8, 4) is 23.0 Å². The second-order valence-electron chi connectivity index (χ2n) is 5.56. The van der Waals surface area contributed by atoms with Gasteiger partial charge in [-0.05, 0) is 42.3 Å². The second kappa shape index (κ2) is 7.88. The van der Waals surface area contributed by atoms with Crippen LogP contribution in [0.4, 0.5) is 17.6 Å². The summed E-state index contributed by atoms with van der Waals surface area (Å²) in [5.41, 5.74) is 2.68. The predicted octanol–water partition coefficient (Wildman–Crippen LogP) is 6.25. The molecule has 132 valence electrons. The summed E-state index contributed by atoms with van der Waals surface area (Å²) in [4.78, 5) is 0. The van der Waals surface area contributed by atoms with Crippen molar-refractivity contribution in [3.63, 3.8) is 0 Å². The van der Waals surface area contributed by atoms with Gasteiger partial charge in [0.1, 0.15) is 5.82 Å². The molecule has 0 nitrogen and oxygen atoms in total. The third-order valence-corrected chi connectivity index (χ3v) is 3.68. The lowest BCUT2D eigenvalue weighted by molar-refractivity contribution is 0.446. The highest BCUT2D eigenvalue weighted by atomic mass is 19.2. The molecule has 4 heteroatoms. The SMILES string of the molecule is C.Cc1ccc(-c2ccc(C#Cc3cc(F)c(F)c(F)c3)c(F)c2)cc1. The van der Waals surface area contributed by atoms with E-state index in [4.69, 9.17) is 0 Å². The first-order chi connectivity index (χ1) is 11.9. The summed E-state index contributed by atoms with van der Waals surface area (Å²) >= 11 is 0. The van der Waals surface area contributed by atoms with E-state index in [0.29, 0.717) is 5.56 Å². The number of hydrogen-bond acceptors (Lipinski definition) is 0. The fourth-order valence-corrected chi connectivity index (χ4v) is 2.31. The number of benzene rings is 3. The van der Waals surface area contributed by atoms with Crippen molar-refractivity contribution in [2.45, 2.75) is 14.4 Å². The molecule has 0 aromatic heterocycles. The van der Waals surface area contributed by atoms with E-state index in [1.807, 2.05) is 31.2 Å². The average molecular weight is 356 g/mol. The molecule has 0 radical (unpaired) electrons. The fraction of sp³-hybridized carbons (Fsp3) is 0.0909. The Kier molecular flexibility index (Phi) is 5.84. The lowest BCUT2D eigenvalue weighted by Crippen LogP contribution is -1.92. The smallest absolute Gasteiger partial charge is 0.194 e. The van der Waals surface area contributed by atoms with Crippen LogP contribution in [0.2, 0.25) is 0 Å². The molecule has 0 unspecified atom stereocenters. The van der Waals surface area contributed by atoms with E-state index in [0.717, 1.165) is 23.3 Å². The van der Waals surface area contributed by atoms with Gasteiger partial charge >= 0.3 is 0 Å². The average Bonchev–Trinajstić information content (AvgIpc) is 2.59. The van der Waals surface area contributed by atoms with Gasteiger partial charge in [-0.1, -0.05) is 55.2 Å². The van der Waals surface area contributed by atoms with E-state index < -0.39 is 23.3 Å². The van der Waals surface area contributed by atoms with Gasteiger partial charge < -0.3 is 0 Å². The summed E-state index contributed by atoms with van der Waals surface area (Å²) in [6, 6.07) is 13.7.